The van der Waals surface area contributed by atoms with Crippen LogP contribution in [0.4, 0.5) is 4.79 Å². The highest BCUT2D eigenvalue weighted by Crippen LogP contribution is 2.59. The maximum atomic E-state index is 13.9. The van der Waals surface area contributed by atoms with Crippen molar-refractivity contribution in [2.24, 2.45) is 17.4 Å². The van der Waals surface area contributed by atoms with Gasteiger partial charge in [0.05, 0.1) is 29.9 Å². The third kappa shape index (κ3) is 9.71. The normalized spacial score (nSPS) is 22.9. The van der Waals surface area contributed by atoms with E-state index in [-0.39, 0.29) is 104 Å². The highest BCUT2D eigenvalue weighted by atomic mass is 16.6. The Morgan fingerprint density at radius 2 is 1.61 bits per heavy atom. The van der Waals surface area contributed by atoms with Crippen LogP contribution in [0.5, 0.6) is 0 Å². The molecule has 0 bridgehead atoms. The molecule has 64 heavy (non-hydrogen) atoms. The summed E-state index contributed by atoms with van der Waals surface area (Å²) in [5.41, 5.74) is 14.7. The van der Waals surface area contributed by atoms with Crippen LogP contribution in [0.2, 0.25) is 0 Å². The van der Waals surface area contributed by atoms with E-state index in [1.165, 1.54) is 26.2 Å². The smallest absolute Gasteiger partial charge is 0.404 e. The van der Waals surface area contributed by atoms with Gasteiger partial charge in [0.15, 0.2) is 5.72 Å². The Kier molecular flexibility index (Phi) is 15.0. The Bertz CT molecular complexity index is 2140. The van der Waals surface area contributed by atoms with Gasteiger partial charge in [-0.2, -0.15) is 0 Å². The third-order valence-electron chi connectivity index (χ3n) is 12.6. The first kappa shape index (κ1) is 47.1. The van der Waals surface area contributed by atoms with Gasteiger partial charge in [0.2, 0.25) is 35.2 Å². The van der Waals surface area contributed by atoms with Crippen LogP contribution in [-0.4, -0.2) is 138 Å². The molecule has 4 aliphatic heterocycles. The number of amides is 7. The molecule has 1 aromatic carbocycles. The van der Waals surface area contributed by atoms with Gasteiger partial charge >= 0.3 is 6.09 Å². The standard InChI is InChI=1S/C44H57N9O11/c1-25-36(46)39(59)35-27(24-64-43(47)62)44(63-2)40-30(23-52(44)37(35)38(25)58)53(40)34(57)16-11-20-48-41(60)28(14-8-9-19-45)50-42(61)29(22-26-12-5-3-6-13-26)49-31(54)15-7-4-10-21-51-32(55)17-18-33(51)56/h3,5-6,12-13,17-18,27-30,40H,4,7-11,14-16,19-24,45-46H2,1-2H3,(H2,47,62)(H,48,60)(H,49,54)(H,50,61)/p+1/t27?,28?,29-,30?,40?,44?,53?/m0/s1. The first-order valence-electron chi connectivity index (χ1n) is 21.8. The van der Waals surface area contributed by atoms with Gasteiger partial charge in [-0.05, 0) is 51.0 Å². The topological polar surface area (TPSA) is 297 Å². The molecular weight excluding hydrogens is 831 g/mol. The molecule has 20 heteroatoms. The lowest BCUT2D eigenvalue weighted by molar-refractivity contribution is -0.368. The number of ketones is 2. The van der Waals surface area contributed by atoms with E-state index in [4.69, 9.17) is 20.9 Å². The fraction of sp³-hybridized carbons (Fsp3) is 0.523. The van der Waals surface area contributed by atoms with Crippen LogP contribution in [0.15, 0.2) is 65.0 Å². The van der Waals surface area contributed by atoms with Crippen LogP contribution in [0, 0.1) is 5.92 Å². The molecule has 1 aromatic rings. The van der Waals surface area contributed by atoms with E-state index in [9.17, 15) is 43.2 Å². The predicted octanol–water partition coefficient (Wildman–Crippen LogP) is -1.41. The number of fused-ring (bicyclic) bond motifs is 4. The van der Waals surface area contributed by atoms with Crippen molar-refractivity contribution < 1.29 is 58.4 Å². The fourth-order valence-corrected chi connectivity index (χ4v) is 9.30. The lowest BCUT2D eigenvalue weighted by atomic mass is 9.82. The van der Waals surface area contributed by atoms with Crippen LogP contribution in [0.3, 0.4) is 0 Å². The molecule has 0 spiro atoms. The lowest BCUT2D eigenvalue weighted by Crippen LogP contribution is -2.56. The van der Waals surface area contributed by atoms with Crippen LogP contribution >= 0.6 is 0 Å². The molecule has 6 rings (SSSR count). The number of unbranched alkanes of at least 4 members (excludes halogenated alkanes) is 3. The molecule has 7 amide bonds. The van der Waals surface area contributed by atoms with Gasteiger partial charge in [0.25, 0.3) is 11.8 Å². The van der Waals surface area contributed by atoms with Gasteiger partial charge in [-0.25, -0.2) is 4.79 Å². The summed E-state index contributed by atoms with van der Waals surface area (Å²) >= 11 is 0. The van der Waals surface area contributed by atoms with Gasteiger partial charge in [0.1, 0.15) is 24.7 Å². The minimum atomic E-state index is -1.40. The Labute approximate surface area is 370 Å². The van der Waals surface area contributed by atoms with Gasteiger partial charge in [-0.3, -0.25) is 43.3 Å². The van der Waals surface area contributed by atoms with E-state index in [2.05, 4.69) is 21.7 Å². The lowest BCUT2D eigenvalue weighted by Gasteiger charge is -2.41. The van der Waals surface area contributed by atoms with Crippen molar-refractivity contribution in [3.05, 3.63) is 70.6 Å². The maximum absolute atomic E-state index is 13.9. The number of quaternary nitrogens is 1. The number of methoxy groups -OCH3 is 1. The predicted molar refractivity (Wildman–Crippen MR) is 226 cm³/mol. The van der Waals surface area contributed by atoms with E-state index in [1.807, 2.05) is 30.3 Å². The number of benzene rings is 1. The molecule has 344 valence electrons. The largest absolute Gasteiger partial charge is 0.449 e. The van der Waals surface area contributed by atoms with Crippen molar-refractivity contribution in [3.63, 3.8) is 0 Å². The van der Waals surface area contributed by atoms with Gasteiger partial charge < -0.3 is 52.4 Å². The number of primary amides is 1. The fourth-order valence-electron chi connectivity index (χ4n) is 9.30. The second-order valence-corrected chi connectivity index (χ2v) is 16.6. The van der Waals surface area contributed by atoms with E-state index in [0.29, 0.717) is 45.1 Å². The number of hydrogen-bond donors (Lipinski definition) is 6. The number of piperazine rings is 1. The molecule has 0 aromatic heterocycles. The Balaban J connectivity index is 1.03. The van der Waals surface area contributed by atoms with Crippen molar-refractivity contribution in [1.82, 2.24) is 30.7 Å². The van der Waals surface area contributed by atoms with Gasteiger partial charge in [-0.15, -0.1) is 0 Å². The minimum Gasteiger partial charge on any atom is -0.449 e. The number of ether oxygens (including phenoxy) is 2. The summed E-state index contributed by atoms with van der Waals surface area (Å²) in [4.78, 5) is 121. The van der Waals surface area contributed by atoms with E-state index in [1.54, 1.807) is 9.80 Å². The molecule has 2 fully saturated rings. The first-order chi connectivity index (χ1) is 30.7. The van der Waals surface area contributed by atoms with Crippen molar-refractivity contribution in [1.29, 1.82) is 0 Å². The number of rotatable bonds is 23. The number of carbonyl (C=O) groups excluding carboxylic acids is 9. The summed E-state index contributed by atoms with van der Waals surface area (Å²) in [6, 6.07) is 6.27. The van der Waals surface area contributed by atoms with Crippen molar-refractivity contribution >= 4 is 53.1 Å². The average molecular weight is 889 g/mol. The number of carbonyl (C=O) groups is 9. The van der Waals surface area contributed by atoms with E-state index in [0.717, 1.165) is 10.5 Å². The summed E-state index contributed by atoms with van der Waals surface area (Å²) in [6.07, 6.45) is 5.14. The van der Waals surface area contributed by atoms with E-state index >= 15 is 0 Å². The summed E-state index contributed by atoms with van der Waals surface area (Å²) in [6.45, 7) is 2.26. The van der Waals surface area contributed by atoms with Crippen LogP contribution in [0.25, 0.3) is 0 Å². The number of nitrogens with one attached hydrogen (secondary N) is 3. The second-order valence-electron chi connectivity index (χ2n) is 16.6. The van der Waals surface area contributed by atoms with Crippen LogP contribution in [-0.2, 0) is 54.3 Å². The SMILES string of the molecule is COC12C(COC(N)=O)C3=C(C(=O)C(C)=C(N)C3=O)N1CC1C2N1C(=O)CCCNC(=O)C(CCCC[NH3+])NC(=O)[C@H](Cc1ccccc1)NC(=O)CCCCCN1C(=O)C=CC1=O. The number of hydrogen-bond acceptors (Lipinski definition) is 13. The zero-order valence-electron chi connectivity index (χ0n) is 36.2. The second kappa shape index (κ2) is 20.4. The first-order valence-corrected chi connectivity index (χ1v) is 21.8. The summed E-state index contributed by atoms with van der Waals surface area (Å²) in [5, 5.41) is 8.53. The number of imide groups is 1. The summed E-state index contributed by atoms with van der Waals surface area (Å²) < 4.78 is 11.2. The minimum absolute atomic E-state index is 0.0313. The molecule has 6 atom stereocenters. The number of Topliss-reactive ketones (excluding diaryl/α,β-unsaturated/α-hetero) is 2. The molecule has 5 aliphatic rings. The molecule has 10 N–H and O–H groups in total. The molecule has 0 radical (unpaired) electrons. The number of allylic oxidation sites excluding steroid dienone is 2. The van der Waals surface area contributed by atoms with Crippen molar-refractivity contribution in [3.8, 4) is 0 Å². The van der Waals surface area contributed by atoms with Crippen molar-refractivity contribution in [2.45, 2.75) is 101 Å². The van der Waals surface area contributed by atoms with E-state index < -0.39 is 59.2 Å². The van der Waals surface area contributed by atoms with Gasteiger partial charge in [0, 0.05) is 69.3 Å². The zero-order valence-corrected chi connectivity index (χ0v) is 36.2. The van der Waals surface area contributed by atoms with Crippen LogP contribution in [0.1, 0.15) is 70.3 Å². The summed E-state index contributed by atoms with van der Waals surface area (Å²) in [5.74, 6) is -4.29. The number of nitrogens with zero attached hydrogens (tertiary/aromatic N) is 3. The molecule has 5 unspecified atom stereocenters. The number of nitrogens with two attached hydrogens (primary N) is 2. The van der Waals surface area contributed by atoms with Crippen LogP contribution < -0.4 is 33.2 Å². The molecule has 1 aliphatic carbocycles. The zero-order chi connectivity index (χ0) is 46.3. The Morgan fingerprint density at radius 3 is 2.28 bits per heavy atom. The maximum Gasteiger partial charge on any atom is 0.404 e. The Hall–Kier alpha value is -6.41. The summed E-state index contributed by atoms with van der Waals surface area (Å²) in [7, 11) is 1.40. The molecule has 20 nitrogen and oxygen atoms in total. The molecule has 0 saturated carbocycles. The highest BCUT2D eigenvalue weighted by molar-refractivity contribution is 6.25. The van der Waals surface area contributed by atoms with Gasteiger partial charge in [-0.1, -0.05) is 36.8 Å². The average Bonchev–Trinajstić information content (AvgIpc) is 3.61. The van der Waals surface area contributed by atoms with Crippen molar-refractivity contribution in [2.75, 3.05) is 39.9 Å². The third-order valence-corrected chi connectivity index (χ3v) is 12.6. The highest BCUT2D eigenvalue weighted by Gasteiger charge is 2.77. The molecule has 2 saturated heterocycles. The Morgan fingerprint density at radius 1 is 0.891 bits per heavy atom. The molecular formula is C44H58N9O11+. The quantitative estimate of drug-likeness (QED) is 0.0319. The molecule has 4 heterocycles. The monoisotopic (exact) mass is 888 g/mol.